The lowest BCUT2D eigenvalue weighted by molar-refractivity contribution is -0.138. The van der Waals surface area contributed by atoms with Crippen molar-refractivity contribution in [2.24, 2.45) is 0 Å². The molecule has 1 rings (SSSR count). The molecule has 0 atom stereocenters. The molecule has 1 N–H and O–H groups in total. The zero-order valence-electron chi connectivity index (χ0n) is 11.7. The minimum Gasteiger partial charge on any atom is -0.353 e. The van der Waals surface area contributed by atoms with Gasteiger partial charge < -0.3 is 14.8 Å². The third kappa shape index (κ3) is 5.96. The van der Waals surface area contributed by atoms with Crippen LogP contribution in [0.25, 0.3) is 0 Å². The summed E-state index contributed by atoms with van der Waals surface area (Å²) in [5.74, 6) is 0. The van der Waals surface area contributed by atoms with Crippen LogP contribution in [0.15, 0.2) is 12.1 Å². The van der Waals surface area contributed by atoms with Gasteiger partial charge in [-0.05, 0) is 32.4 Å². The lowest BCUT2D eigenvalue weighted by Gasteiger charge is -2.16. The van der Waals surface area contributed by atoms with Crippen molar-refractivity contribution in [2.45, 2.75) is 46.4 Å². The second-order valence-corrected chi connectivity index (χ2v) is 5.28. The molecule has 0 unspecified atom stereocenters. The van der Waals surface area contributed by atoms with Crippen molar-refractivity contribution in [1.29, 1.82) is 0 Å². The summed E-state index contributed by atoms with van der Waals surface area (Å²) in [5, 5.41) is 3.44. The number of ether oxygens (including phenoxy) is 2. The molecule has 0 radical (unpaired) electrons. The van der Waals surface area contributed by atoms with Gasteiger partial charge in [-0.1, -0.05) is 6.92 Å². The summed E-state index contributed by atoms with van der Waals surface area (Å²) in [6.45, 7) is 9.46. The smallest absolute Gasteiger partial charge is 0.158 e. The second kappa shape index (κ2) is 9.50. The zero-order chi connectivity index (χ0) is 13.2. The summed E-state index contributed by atoms with van der Waals surface area (Å²) in [7, 11) is 0. The van der Waals surface area contributed by atoms with Gasteiger partial charge in [0.1, 0.15) is 0 Å². The number of rotatable bonds is 10. The van der Waals surface area contributed by atoms with Crippen molar-refractivity contribution in [1.82, 2.24) is 5.32 Å². The molecule has 0 saturated heterocycles. The highest BCUT2D eigenvalue weighted by molar-refractivity contribution is 7.11. The largest absolute Gasteiger partial charge is 0.353 e. The lowest BCUT2D eigenvalue weighted by Crippen LogP contribution is -2.24. The van der Waals surface area contributed by atoms with E-state index in [0.29, 0.717) is 13.2 Å². The second-order valence-electron chi connectivity index (χ2n) is 4.03. The van der Waals surface area contributed by atoms with Crippen LogP contribution in [0.4, 0.5) is 0 Å². The third-order valence-corrected chi connectivity index (χ3v) is 3.86. The van der Waals surface area contributed by atoms with E-state index in [9.17, 15) is 0 Å². The average Bonchev–Trinajstić information content (AvgIpc) is 2.83. The molecule has 0 fully saturated rings. The molecule has 1 aromatic rings. The monoisotopic (exact) mass is 271 g/mol. The first kappa shape index (κ1) is 15.6. The molecule has 0 saturated carbocycles. The van der Waals surface area contributed by atoms with Gasteiger partial charge in [-0.2, -0.15) is 0 Å². The Hall–Kier alpha value is -0.420. The van der Waals surface area contributed by atoms with Gasteiger partial charge in [0.05, 0.1) is 0 Å². The Kier molecular flexibility index (Phi) is 8.25. The highest BCUT2D eigenvalue weighted by Gasteiger charge is 2.07. The standard InChI is InChI=1S/C14H25NO2S/c1-4-12-7-8-13(18-12)11-15-10-9-14(16-5-2)17-6-3/h7-8,14-15H,4-6,9-11H2,1-3H3. The van der Waals surface area contributed by atoms with Crippen LogP contribution in [0.1, 0.15) is 36.9 Å². The summed E-state index contributed by atoms with van der Waals surface area (Å²) in [6, 6.07) is 4.42. The molecule has 104 valence electrons. The van der Waals surface area contributed by atoms with Gasteiger partial charge in [0.15, 0.2) is 6.29 Å². The first-order valence-corrected chi connectivity index (χ1v) is 7.63. The minimum absolute atomic E-state index is 0.0676. The topological polar surface area (TPSA) is 30.5 Å². The first-order chi connectivity index (χ1) is 8.80. The molecule has 0 aliphatic rings. The number of hydrogen-bond acceptors (Lipinski definition) is 4. The van der Waals surface area contributed by atoms with E-state index in [1.807, 2.05) is 25.2 Å². The molecule has 18 heavy (non-hydrogen) atoms. The molecule has 0 bridgehead atoms. The van der Waals surface area contributed by atoms with Crippen LogP contribution in [0, 0.1) is 0 Å². The third-order valence-electron chi connectivity index (χ3n) is 2.63. The van der Waals surface area contributed by atoms with E-state index >= 15 is 0 Å². The van der Waals surface area contributed by atoms with Crippen LogP contribution in [-0.4, -0.2) is 26.0 Å². The average molecular weight is 271 g/mol. The molecule has 3 nitrogen and oxygen atoms in total. The number of thiophene rings is 1. The van der Waals surface area contributed by atoms with Crippen LogP contribution in [0.2, 0.25) is 0 Å². The van der Waals surface area contributed by atoms with Crippen LogP contribution >= 0.6 is 11.3 Å². The van der Waals surface area contributed by atoms with Crippen LogP contribution in [-0.2, 0) is 22.4 Å². The zero-order valence-corrected chi connectivity index (χ0v) is 12.5. The molecule has 4 heteroatoms. The Morgan fingerprint density at radius 3 is 2.33 bits per heavy atom. The maximum Gasteiger partial charge on any atom is 0.158 e. The molecule has 1 aromatic heterocycles. The van der Waals surface area contributed by atoms with Crippen molar-refractivity contribution >= 4 is 11.3 Å². The summed E-state index contributed by atoms with van der Waals surface area (Å²) >= 11 is 1.89. The van der Waals surface area contributed by atoms with Gasteiger partial charge in [0, 0.05) is 42.5 Å². The summed E-state index contributed by atoms with van der Waals surface area (Å²) in [4.78, 5) is 2.85. The SMILES string of the molecule is CCOC(CCNCc1ccc(CC)s1)OCC. The van der Waals surface area contributed by atoms with E-state index in [0.717, 1.165) is 25.9 Å². The van der Waals surface area contributed by atoms with E-state index in [2.05, 4.69) is 24.4 Å². The van der Waals surface area contributed by atoms with Gasteiger partial charge in [-0.25, -0.2) is 0 Å². The molecular formula is C14H25NO2S. The fourth-order valence-electron chi connectivity index (χ4n) is 1.73. The van der Waals surface area contributed by atoms with Gasteiger partial charge in [-0.15, -0.1) is 11.3 Å². The maximum absolute atomic E-state index is 5.50. The number of nitrogens with one attached hydrogen (secondary N) is 1. The van der Waals surface area contributed by atoms with Crippen LogP contribution in [0.3, 0.4) is 0 Å². The summed E-state index contributed by atoms with van der Waals surface area (Å²) < 4.78 is 11.0. The highest BCUT2D eigenvalue weighted by atomic mass is 32.1. The molecule has 1 heterocycles. The Morgan fingerprint density at radius 2 is 1.78 bits per heavy atom. The number of hydrogen-bond donors (Lipinski definition) is 1. The number of aryl methyl sites for hydroxylation is 1. The van der Waals surface area contributed by atoms with Crippen molar-refractivity contribution in [3.8, 4) is 0 Å². The Labute approximate surface area is 114 Å². The molecule has 0 amide bonds. The van der Waals surface area contributed by atoms with E-state index in [-0.39, 0.29) is 6.29 Å². The Bertz CT molecular complexity index is 308. The first-order valence-electron chi connectivity index (χ1n) is 6.81. The minimum atomic E-state index is -0.0676. The van der Waals surface area contributed by atoms with Gasteiger partial charge >= 0.3 is 0 Å². The predicted molar refractivity (Wildman–Crippen MR) is 77.1 cm³/mol. The molecule has 0 aliphatic carbocycles. The van der Waals surface area contributed by atoms with Gasteiger partial charge in [0.25, 0.3) is 0 Å². The summed E-state index contributed by atoms with van der Waals surface area (Å²) in [6.07, 6.45) is 1.96. The highest BCUT2D eigenvalue weighted by Crippen LogP contribution is 2.16. The predicted octanol–water partition coefficient (Wildman–Crippen LogP) is 3.19. The summed E-state index contributed by atoms with van der Waals surface area (Å²) in [5.41, 5.74) is 0. The van der Waals surface area contributed by atoms with Gasteiger partial charge in [0.2, 0.25) is 0 Å². The molecular weight excluding hydrogens is 246 g/mol. The van der Waals surface area contributed by atoms with Gasteiger partial charge in [-0.3, -0.25) is 0 Å². The van der Waals surface area contributed by atoms with E-state index < -0.39 is 0 Å². The lowest BCUT2D eigenvalue weighted by atomic mass is 10.3. The van der Waals surface area contributed by atoms with E-state index in [1.54, 1.807) is 0 Å². The fraction of sp³-hybridized carbons (Fsp3) is 0.714. The fourth-order valence-corrected chi connectivity index (χ4v) is 2.65. The van der Waals surface area contributed by atoms with Crippen molar-refractivity contribution < 1.29 is 9.47 Å². The Morgan fingerprint density at radius 1 is 1.11 bits per heavy atom. The van der Waals surface area contributed by atoms with Crippen LogP contribution < -0.4 is 5.32 Å². The molecule has 0 aliphatic heterocycles. The molecule has 0 aromatic carbocycles. The Balaban J connectivity index is 2.16. The maximum atomic E-state index is 5.50. The van der Waals surface area contributed by atoms with Crippen molar-refractivity contribution in [2.75, 3.05) is 19.8 Å². The van der Waals surface area contributed by atoms with Crippen molar-refractivity contribution in [3.05, 3.63) is 21.9 Å². The van der Waals surface area contributed by atoms with Crippen LogP contribution in [0.5, 0.6) is 0 Å². The molecule has 0 spiro atoms. The normalized spacial score (nSPS) is 11.3. The van der Waals surface area contributed by atoms with Crippen molar-refractivity contribution in [3.63, 3.8) is 0 Å². The van der Waals surface area contributed by atoms with E-state index in [1.165, 1.54) is 9.75 Å². The quantitative estimate of drug-likeness (QED) is 0.524. The van der Waals surface area contributed by atoms with E-state index in [4.69, 9.17) is 9.47 Å².